The topological polar surface area (TPSA) is 87.6 Å². The molecule has 1 aromatic carbocycles. The molecule has 2 aromatic heterocycles. The smallest absolute Gasteiger partial charge is 0.320 e. The van der Waals surface area contributed by atoms with E-state index in [1.165, 1.54) is 11.3 Å². The van der Waals surface area contributed by atoms with Crippen molar-refractivity contribution in [2.24, 2.45) is 0 Å². The van der Waals surface area contributed by atoms with Crippen LogP contribution in [0.2, 0.25) is 0 Å². The number of H-pyrrole nitrogens is 1. The third kappa shape index (κ3) is 3.13. The number of hydrogen-bond acceptors (Lipinski definition) is 3. The Morgan fingerprint density at radius 2 is 2.20 bits per heavy atom. The highest BCUT2D eigenvalue weighted by molar-refractivity contribution is 5.88. The molecule has 7 heteroatoms. The standard InChI is InChI=1S/C18H20N6O/c1-12-4-2-3-5-16(12)24-17(8-9-20-24)22-18(25)21-14-6-7-15-13(10-14)11-19-23-15/h2-5,8-9,11,14H,6-7,10H2,1H3,(H,19,23)(H2,21,22,25)/t14-/m1/s1. The molecule has 25 heavy (non-hydrogen) atoms. The van der Waals surface area contributed by atoms with Gasteiger partial charge in [0.15, 0.2) is 0 Å². The summed E-state index contributed by atoms with van der Waals surface area (Å²) in [4.78, 5) is 12.4. The maximum atomic E-state index is 12.4. The van der Waals surface area contributed by atoms with E-state index in [0.29, 0.717) is 5.82 Å². The van der Waals surface area contributed by atoms with Gasteiger partial charge in [0.2, 0.25) is 0 Å². The van der Waals surface area contributed by atoms with Crippen LogP contribution < -0.4 is 10.6 Å². The van der Waals surface area contributed by atoms with Gasteiger partial charge in [-0.05, 0) is 43.4 Å². The van der Waals surface area contributed by atoms with E-state index >= 15 is 0 Å². The second kappa shape index (κ2) is 6.43. The molecule has 0 fully saturated rings. The minimum absolute atomic E-state index is 0.111. The van der Waals surface area contributed by atoms with Crippen LogP contribution >= 0.6 is 0 Å². The molecule has 0 radical (unpaired) electrons. The number of fused-ring (bicyclic) bond motifs is 1. The molecule has 2 amide bonds. The zero-order chi connectivity index (χ0) is 17.2. The van der Waals surface area contributed by atoms with Gasteiger partial charge in [0, 0.05) is 17.8 Å². The summed E-state index contributed by atoms with van der Waals surface area (Å²) in [6.07, 6.45) is 6.13. The zero-order valence-corrected chi connectivity index (χ0v) is 14.0. The number of urea groups is 1. The first-order valence-corrected chi connectivity index (χ1v) is 8.39. The van der Waals surface area contributed by atoms with Crippen LogP contribution in [0.4, 0.5) is 10.6 Å². The molecule has 7 nitrogen and oxygen atoms in total. The highest BCUT2D eigenvalue weighted by atomic mass is 16.2. The van der Waals surface area contributed by atoms with Gasteiger partial charge in [0.25, 0.3) is 0 Å². The molecule has 4 rings (SSSR count). The number of benzene rings is 1. The predicted molar refractivity (Wildman–Crippen MR) is 94.9 cm³/mol. The highest BCUT2D eigenvalue weighted by Crippen LogP contribution is 2.20. The van der Waals surface area contributed by atoms with Crippen LogP contribution in [0.25, 0.3) is 5.69 Å². The van der Waals surface area contributed by atoms with Crippen LogP contribution in [0.1, 0.15) is 23.2 Å². The van der Waals surface area contributed by atoms with E-state index in [4.69, 9.17) is 0 Å². The molecule has 2 heterocycles. The number of para-hydroxylation sites is 1. The molecule has 1 aliphatic carbocycles. The first-order valence-electron chi connectivity index (χ1n) is 8.39. The molecule has 0 aliphatic heterocycles. The summed E-state index contributed by atoms with van der Waals surface area (Å²) in [6, 6.07) is 9.62. The number of nitrogens with one attached hydrogen (secondary N) is 3. The third-order valence-corrected chi connectivity index (χ3v) is 4.58. The van der Waals surface area contributed by atoms with Gasteiger partial charge in [0.1, 0.15) is 5.82 Å². The van der Waals surface area contributed by atoms with Crippen molar-refractivity contribution in [1.29, 1.82) is 0 Å². The second-order valence-electron chi connectivity index (χ2n) is 6.33. The Balaban J connectivity index is 1.44. The Morgan fingerprint density at radius 1 is 1.32 bits per heavy atom. The van der Waals surface area contributed by atoms with Crippen molar-refractivity contribution in [3.8, 4) is 5.69 Å². The lowest BCUT2D eigenvalue weighted by atomic mass is 9.94. The quantitative estimate of drug-likeness (QED) is 0.687. The van der Waals surface area contributed by atoms with Crippen LogP contribution in [-0.2, 0) is 12.8 Å². The number of aryl methyl sites for hydroxylation is 2. The van der Waals surface area contributed by atoms with Crippen molar-refractivity contribution >= 4 is 11.8 Å². The maximum Gasteiger partial charge on any atom is 0.320 e. The molecular weight excluding hydrogens is 316 g/mol. The van der Waals surface area contributed by atoms with Gasteiger partial charge in [0.05, 0.1) is 18.1 Å². The minimum atomic E-state index is -0.215. The lowest BCUT2D eigenvalue weighted by molar-refractivity contribution is 0.247. The predicted octanol–water partition coefficient (Wildman–Crippen LogP) is 2.58. The molecular formula is C18H20N6O. The van der Waals surface area contributed by atoms with E-state index in [0.717, 1.165) is 30.5 Å². The van der Waals surface area contributed by atoms with Gasteiger partial charge in [-0.25, -0.2) is 9.48 Å². The summed E-state index contributed by atoms with van der Waals surface area (Å²) in [7, 11) is 0. The molecule has 3 N–H and O–H groups in total. The molecule has 0 spiro atoms. The zero-order valence-electron chi connectivity index (χ0n) is 14.0. The number of carbonyl (C=O) groups excluding carboxylic acids is 1. The normalized spacial score (nSPS) is 16.3. The average Bonchev–Trinajstić information content (AvgIpc) is 3.24. The van der Waals surface area contributed by atoms with Crippen molar-refractivity contribution in [1.82, 2.24) is 25.3 Å². The Labute approximate surface area is 145 Å². The number of rotatable bonds is 3. The Bertz CT molecular complexity index is 896. The van der Waals surface area contributed by atoms with Crippen molar-refractivity contribution in [3.63, 3.8) is 0 Å². The largest absolute Gasteiger partial charge is 0.335 e. The molecule has 128 valence electrons. The number of hydrogen-bond donors (Lipinski definition) is 3. The van der Waals surface area contributed by atoms with E-state index in [2.05, 4.69) is 25.9 Å². The number of aromatic amines is 1. The van der Waals surface area contributed by atoms with E-state index in [-0.39, 0.29) is 12.1 Å². The van der Waals surface area contributed by atoms with Crippen LogP contribution in [-0.4, -0.2) is 32.1 Å². The van der Waals surface area contributed by atoms with E-state index in [1.54, 1.807) is 16.9 Å². The average molecular weight is 336 g/mol. The fourth-order valence-corrected chi connectivity index (χ4v) is 3.27. The van der Waals surface area contributed by atoms with Gasteiger partial charge in [-0.1, -0.05) is 18.2 Å². The minimum Gasteiger partial charge on any atom is -0.335 e. The van der Waals surface area contributed by atoms with E-state index in [1.807, 2.05) is 37.4 Å². The number of aromatic nitrogens is 4. The van der Waals surface area contributed by atoms with E-state index in [9.17, 15) is 4.79 Å². The van der Waals surface area contributed by atoms with Gasteiger partial charge < -0.3 is 5.32 Å². The van der Waals surface area contributed by atoms with Crippen molar-refractivity contribution < 1.29 is 4.79 Å². The van der Waals surface area contributed by atoms with Crippen molar-refractivity contribution in [2.75, 3.05) is 5.32 Å². The molecule has 1 aliphatic rings. The van der Waals surface area contributed by atoms with Crippen molar-refractivity contribution in [2.45, 2.75) is 32.2 Å². The van der Waals surface area contributed by atoms with Gasteiger partial charge >= 0.3 is 6.03 Å². The van der Waals surface area contributed by atoms with Gasteiger partial charge in [-0.3, -0.25) is 10.4 Å². The van der Waals surface area contributed by atoms with Gasteiger partial charge in [-0.15, -0.1) is 0 Å². The van der Waals surface area contributed by atoms with Crippen LogP contribution in [0.3, 0.4) is 0 Å². The summed E-state index contributed by atoms with van der Waals surface area (Å²) in [5.41, 5.74) is 4.40. The third-order valence-electron chi connectivity index (χ3n) is 4.58. The van der Waals surface area contributed by atoms with Crippen LogP contribution in [0.5, 0.6) is 0 Å². The summed E-state index contributed by atoms with van der Waals surface area (Å²) in [6.45, 7) is 2.02. The Morgan fingerprint density at radius 3 is 3.08 bits per heavy atom. The molecule has 1 atom stereocenters. The van der Waals surface area contributed by atoms with Crippen LogP contribution in [0.15, 0.2) is 42.7 Å². The summed E-state index contributed by atoms with van der Waals surface area (Å²) < 4.78 is 1.74. The molecule has 3 aromatic rings. The van der Waals surface area contributed by atoms with E-state index < -0.39 is 0 Å². The highest BCUT2D eigenvalue weighted by Gasteiger charge is 2.22. The fraction of sp³-hybridized carbons (Fsp3) is 0.278. The molecule has 0 bridgehead atoms. The summed E-state index contributed by atoms with van der Waals surface area (Å²) in [5.74, 6) is 0.645. The number of nitrogens with zero attached hydrogens (tertiary/aromatic N) is 3. The Hall–Kier alpha value is -3.09. The monoisotopic (exact) mass is 336 g/mol. The molecule has 0 saturated carbocycles. The fourth-order valence-electron chi connectivity index (χ4n) is 3.27. The van der Waals surface area contributed by atoms with Crippen molar-refractivity contribution in [3.05, 3.63) is 59.5 Å². The molecule has 0 saturated heterocycles. The first kappa shape index (κ1) is 15.4. The van der Waals surface area contributed by atoms with Crippen LogP contribution in [0, 0.1) is 6.92 Å². The number of anilines is 1. The SMILES string of the molecule is Cc1ccccc1-n1nccc1NC(=O)N[C@@H]1CCc2[nH]ncc2C1. The molecule has 0 unspecified atom stereocenters. The number of amides is 2. The lowest BCUT2D eigenvalue weighted by Crippen LogP contribution is -2.41. The summed E-state index contributed by atoms with van der Waals surface area (Å²) in [5, 5.41) is 17.4. The first-order chi connectivity index (χ1) is 12.2. The van der Waals surface area contributed by atoms with Gasteiger partial charge in [-0.2, -0.15) is 10.2 Å². The maximum absolute atomic E-state index is 12.4. The second-order valence-corrected chi connectivity index (χ2v) is 6.33. The lowest BCUT2D eigenvalue weighted by Gasteiger charge is -2.23. The number of carbonyl (C=O) groups is 1. The Kier molecular flexibility index (Phi) is 3.97. The summed E-state index contributed by atoms with van der Waals surface area (Å²) >= 11 is 0.